The highest BCUT2D eigenvalue weighted by Gasteiger charge is 2.36. The number of rotatable bonds is 6. The zero-order chi connectivity index (χ0) is 23.5. The van der Waals surface area contributed by atoms with Gasteiger partial charge in [0.2, 0.25) is 5.91 Å². The van der Waals surface area contributed by atoms with Crippen molar-refractivity contribution in [2.45, 2.75) is 0 Å². The van der Waals surface area contributed by atoms with Crippen molar-refractivity contribution in [2.24, 2.45) is 0 Å². The van der Waals surface area contributed by atoms with E-state index in [0.717, 1.165) is 4.90 Å². The van der Waals surface area contributed by atoms with Crippen LogP contribution in [-0.2, 0) is 9.59 Å². The number of amides is 3. The van der Waals surface area contributed by atoms with E-state index in [0.29, 0.717) is 28.8 Å². The Hall–Kier alpha value is -3.89. The number of carbonyl (C=O) groups excluding carboxylic acids is 3. The number of nitrogens with zero attached hydrogens (tertiary/aromatic N) is 2. The molecule has 0 radical (unpaired) electrons. The van der Waals surface area contributed by atoms with Gasteiger partial charge in [0, 0.05) is 29.5 Å². The number of nitro groups is 1. The van der Waals surface area contributed by atoms with Crippen LogP contribution in [0, 0.1) is 10.1 Å². The topological polar surface area (TPSA) is 123 Å². The van der Waals surface area contributed by atoms with Crippen molar-refractivity contribution in [3.05, 3.63) is 86.5 Å². The maximum atomic E-state index is 12.6. The van der Waals surface area contributed by atoms with E-state index in [-0.39, 0.29) is 21.4 Å². The first kappa shape index (κ1) is 22.3. The van der Waals surface area contributed by atoms with Crippen LogP contribution in [0.4, 0.5) is 16.2 Å². The van der Waals surface area contributed by atoms with Crippen molar-refractivity contribution in [3.8, 4) is 11.3 Å². The summed E-state index contributed by atoms with van der Waals surface area (Å²) < 4.78 is 5.69. The number of para-hydroxylation sites is 1. The Bertz CT molecular complexity index is 1300. The largest absolute Gasteiger partial charge is 0.457 e. The van der Waals surface area contributed by atoms with Crippen molar-refractivity contribution >= 4 is 57.9 Å². The Balaban J connectivity index is 1.47. The number of furan rings is 1. The van der Waals surface area contributed by atoms with Crippen molar-refractivity contribution in [1.82, 2.24) is 4.90 Å². The molecule has 0 saturated carbocycles. The number of imide groups is 1. The summed E-state index contributed by atoms with van der Waals surface area (Å²) in [7, 11) is 0. The van der Waals surface area contributed by atoms with Crippen molar-refractivity contribution in [2.75, 3.05) is 11.9 Å². The minimum atomic E-state index is -0.612. The fraction of sp³-hybridized carbons (Fsp3) is 0.0455. The normalized spacial score (nSPS) is 14.7. The first-order chi connectivity index (χ1) is 15.8. The summed E-state index contributed by atoms with van der Waals surface area (Å²) in [4.78, 5) is 48.4. The summed E-state index contributed by atoms with van der Waals surface area (Å²) in [5.74, 6) is -0.501. The SMILES string of the molecule is O=C(CN1C(=O)S/C(=C\c2ccc(-c3ccc([N+](=O)[O-])cc3Cl)o2)C1=O)Nc1ccccc1. The minimum absolute atomic E-state index is 0.100. The summed E-state index contributed by atoms with van der Waals surface area (Å²) in [6.07, 6.45) is 1.39. The molecule has 2 heterocycles. The van der Waals surface area contributed by atoms with E-state index in [9.17, 15) is 24.5 Å². The molecule has 9 nitrogen and oxygen atoms in total. The molecule has 1 aliphatic heterocycles. The van der Waals surface area contributed by atoms with Gasteiger partial charge in [-0.3, -0.25) is 29.4 Å². The first-order valence-corrected chi connectivity index (χ1v) is 10.7. The number of thioether (sulfide) groups is 1. The van der Waals surface area contributed by atoms with Gasteiger partial charge in [0.05, 0.1) is 14.9 Å². The molecule has 1 aliphatic rings. The molecule has 1 aromatic heterocycles. The molecular formula is C22H14ClN3O6S. The molecule has 0 aliphatic carbocycles. The average Bonchev–Trinajstić information content (AvgIpc) is 3.34. The quantitative estimate of drug-likeness (QED) is 0.291. The summed E-state index contributed by atoms with van der Waals surface area (Å²) in [6.45, 7) is -0.418. The second-order valence-electron chi connectivity index (χ2n) is 6.81. The van der Waals surface area contributed by atoms with Gasteiger partial charge in [-0.15, -0.1) is 0 Å². The Labute approximate surface area is 196 Å². The van der Waals surface area contributed by atoms with Gasteiger partial charge >= 0.3 is 0 Å². The smallest absolute Gasteiger partial charge is 0.294 e. The number of halogens is 1. The molecule has 1 N–H and O–H groups in total. The van der Waals surface area contributed by atoms with Gasteiger partial charge in [0.25, 0.3) is 16.8 Å². The molecule has 0 bridgehead atoms. The van der Waals surface area contributed by atoms with Crippen molar-refractivity contribution < 1.29 is 23.7 Å². The molecule has 166 valence electrons. The molecule has 11 heteroatoms. The van der Waals surface area contributed by atoms with Crippen molar-refractivity contribution in [1.29, 1.82) is 0 Å². The minimum Gasteiger partial charge on any atom is -0.457 e. The molecular weight excluding hydrogens is 470 g/mol. The lowest BCUT2D eigenvalue weighted by Crippen LogP contribution is -2.36. The number of hydrogen-bond donors (Lipinski definition) is 1. The van der Waals surface area contributed by atoms with E-state index in [1.165, 1.54) is 24.3 Å². The van der Waals surface area contributed by atoms with Crippen LogP contribution < -0.4 is 5.32 Å². The first-order valence-electron chi connectivity index (χ1n) is 9.46. The summed E-state index contributed by atoms with van der Waals surface area (Å²) in [5.41, 5.74) is 0.839. The number of nitrogens with one attached hydrogen (secondary N) is 1. The van der Waals surface area contributed by atoms with Gasteiger partial charge in [-0.2, -0.15) is 0 Å². The fourth-order valence-electron chi connectivity index (χ4n) is 3.02. The lowest BCUT2D eigenvalue weighted by atomic mass is 10.1. The molecule has 33 heavy (non-hydrogen) atoms. The van der Waals surface area contributed by atoms with Gasteiger partial charge in [0.1, 0.15) is 18.1 Å². The zero-order valence-electron chi connectivity index (χ0n) is 16.7. The fourth-order valence-corrected chi connectivity index (χ4v) is 4.11. The molecule has 2 aromatic carbocycles. The lowest BCUT2D eigenvalue weighted by Gasteiger charge is -2.12. The van der Waals surface area contributed by atoms with Gasteiger partial charge in [-0.05, 0) is 42.1 Å². The number of anilines is 1. The molecule has 3 amide bonds. The molecule has 3 aromatic rings. The highest BCUT2D eigenvalue weighted by molar-refractivity contribution is 8.18. The Morgan fingerprint density at radius 3 is 2.61 bits per heavy atom. The van der Waals surface area contributed by atoms with Crippen molar-refractivity contribution in [3.63, 3.8) is 0 Å². The van der Waals surface area contributed by atoms with E-state index in [2.05, 4.69) is 5.32 Å². The van der Waals surface area contributed by atoms with Crippen LogP contribution in [0.5, 0.6) is 0 Å². The predicted octanol–water partition coefficient (Wildman–Crippen LogP) is 5.18. The van der Waals surface area contributed by atoms with Gasteiger partial charge in [0.15, 0.2) is 0 Å². The van der Waals surface area contributed by atoms with Gasteiger partial charge in [-0.25, -0.2) is 0 Å². The molecule has 4 rings (SSSR count). The second-order valence-corrected chi connectivity index (χ2v) is 8.21. The average molecular weight is 484 g/mol. The number of benzene rings is 2. The number of carbonyl (C=O) groups is 3. The highest BCUT2D eigenvalue weighted by Crippen LogP contribution is 2.35. The lowest BCUT2D eigenvalue weighted by molar-refractivity contribution is -0.384. The van der Waals surface area contributed by atoms with E-state index < -0.39 is 28.5 Å². The number of hydrogen-bond acceptors (Lipinski definition) is 7. The maximum absolute atomic E-state index is 12.6. The van der Waals surface area contributed by atoms with Gasteiger partial charge < -0.3 is 9.73 Å². The second kappa shape index (κ2) is 9.31. The third-order valence-corrected chi connectivity index (χ3v) is 5.78. The predicted molar refractivity (Wildman–Crippen MR) is 124 cm³/mol. The summed E-state index contributed by atoms with van der Waals surface area (Å²) in [6, 6.07) is 15.8. The third kappa shape index (κ3) is 4.97. The van der Waals surface area contributed by atoms with Crippen LogP contribution in [0.2, 0.25) is 5.02 Å². The summed E-state index contributed by atoms with van der Waals surface area (Å²) in [5, 5.41) is 13.1. The molecule has 1 saturated heterocycles. The zero-order valence-corrected chi connectivity index (χ0v) is 18.3. The van der Waals surface area contributed by atoms with Gasteiger partial charge in [-0.1, -0.05) is 29.8 Å². The number of nitro benzene ring substituents is 1. The molecule has 1 fully saturated rings. The molecule has 0 atom stereocenters. The van der Waals surface area contributed by atoms with E-state index in [1.54, 1.807) is 42.5 Å². The monoisotopic (exact) mass is 483 g/mol. The van der Waals surface area contributed by atoms with E-state index >= 15 is 0 Å². The molecule has 0 unspecified atom stereocenters. The maximum Gasteiger partial charge on any atom is 0.294 e. The van der Waals surface area contributed by atoms with Crippen LogP contribution in [0.25, 0.3) is 17.4 Å². The highest BCUT2D eigenvalue weighted by atomic mass is 35.5. The standard InChI is InChI=1S/C22H14ClN3O6S/c23-17-10-14(26(30)31)6-8-16(17)18-9-7-15(32-18)11-19-21(28)25(22(29)33-19)12-20(27)24-13-4-2-1-3-5-13/h1-11H,12H2,(H,24,27)/b19-11-. The van der Waals surface area contributed by atoms with E-state index in [1.807, 2.05) is 0 Å². The van der Waals surface area contributed by atoms with E-state index in [4.69, 9.17) is 16.0 Å². The molecule has 0 spiro atoms. The summed E-state index contributed by atoms with van der Waals surface area (Å²) >= 11 is 6.82. The Morgan fingerprint density at radius 2 is 1.91 bits per heavy atom. The van der Waals surface area contributed by atoms with Crippen LogP contribution in [0.15, 0.2) is 70.0 Å². The third-order valence-electron chi connectivity index (χ3n) is 4.56. The Kier molecular flexibility index (Phi) is 6.29. The Morgan fingerprint density at radius 1 is 1.15 bits per heavy atom. The van der Waals surface area contributed by atoms with Crippen LogP contribution in [0.1, 0.15) is 5.76 Å². The van der Waals surface area contributed by atoms with Crippen LogP contribution >= 0.6 is 23.4 Å². The van der Waals surface area contributed by atoms with Crippen LogP contribution in [-0.4, -0.2) is 33.4 Å². The van der Waals surface area contributed by atoms with Crippen LogP contribution in [0.3, 0.4) is 0 Å². The number of non-ortho nitro benzene ring substituents is 1.